The van der Waals surface area contributed by atoms with Gasteiger partial charge in [0, 0.05) is 12.8 Å². The highest BCUT2D eigenvalue weighted by atomic mass is 16.6. The summed E-state index contributed by atoms with van der Waals surface area (Å²) in [6, 6.07) is 0. The summed E-state index contributed by atoms with van der Waals surface area (Å²) in [5.41, 5.74) is -0.170. The number of ether oxygens (including phenoxy) is 1. The molecule has 0 aromatic carbocycles. The van der Waals surface area contributed by atoms with E-state index in [0.29, 0.717) is 6.42 Å². The summed E-state index contributed by atoms with van der Waals surface area (Å²) in [7, 11) is 0. The minimum atomic E-state index is -0.170. The van der Waals surface area contributed by atoms with E-state index < -0.39 is 0 Å². The van der Waals surface area contributed by atoms with Crippen molar-refractivity contribution in [3.05, 3.63) is 12.2 Å². The van der Waals surface area contributed by atoms with Crippen LogP contribution >= 0.6 is 0 Å². The second-order valence-corrected chi connectivity index (χ2v) is 2.98. The number of hydrogen-bond acceptors (Lipinski definition) is 2. The van der Waals surface area contributed by atoms with Gasteiger partial charge in [0.1, 0.15) is 5.60 Å². The number of esters is 1. The highest BCUT2D eigenvalue weighted by Crippen LogP contribution is 2.36. The lowest BCUT2D eigenvalue weighted by atomic mass is 10.0. The smallest absolute Gasteiger partial charge is 0.306 e. The molecular formula is C8H10O2. The van der Waals surface area contributed by atoms with Gasteiger partial charge in [0.05, 0.1) is 0 Å². The summed E-state index contributed by atoms with van der Waals surface area (Å²) in [6.07, 6.45) is 7.69. The summed E-state index contributed by atoms with van der Waals surface area (Å²) in [5.74, 6) is -0.0356. The van der Waals surface area contributed by atoms with Crippen molar-refractivity contribution in [2.24, 2.45) is 0 Å². The molecule has 0 bridgehead atoms. The molecule has 54 valence electrons. The molecular weight excluding hydrogens is 128 g/mol. The van der Waals surface area contributed by atoms with Crippen LogP contribution in [0, 0.1) is 0 Å². The maximum Gasteiger partial charge on any atom is 0.306 e. The first kappa shape index (κ1) is 5.96. The Balaban J connectivity index is 2.17. The first-order valence-corrected chi connectivity index (χ1v) is 3.70. The molecule has 0 radical (unpaired) electrons. The van der Waals surface area contributed by atoms with E-state index in [4.69, 9.17) is 4.74 Å². The zero-order valence-electron chi connectivity index (χ0n) is 5.80. The molecule has 1 fully saturated rings. The first-order valence-electron chi connectivity index (χ1n) is 3.70. The molecule has 2 aliphatic rings. The van der Waals surface area contributed by atoms with E-state index >= 15 is 0 Å². The Morgan fingerprint density at radius 3 is 2.90 bits per heavy atom. The fourth-order valence-electron chi connectivity index (χ4n) is 1.64. The summed E-state index contributed by atoms with van der Waals surface area (Å²) in [5, 5.41) is 0. The minimum Gasteiger partial charge on any atom is -0.455 e. The lowest BCUT2D eigenvalue weighted by Gasteiger charge is -2.18. The van der Waals surface area contributed by atoms with Gasteiger partial charge in [-0.25, -0.2) is 0 Å². The molecule has 1 atom stereocenters. The van der Waals surface area contributed by atoms with Crippen LogP contribution < -0.4 is 0 Å². The van der Waals surface area contributed by atoms with Gasteiger partial charge in [-0.2, -0.15) is 0 Å². The highest BCUT2D eigenvalue weighted by molar-refractivity contribution is 5.72. The fourth-order valence-corrected chi connectivity index (χ4v) is 1.64. The summed E-state index contributed by atoms with van der Waals surface area (Å²) >= 11 is 0. The predicted octanol–water partition coefficient (Wildman–Crippen LogP) is 1.41. The van der Waals surface area contributed by atoms with Gasteiger partial charge in [-0.3, -0.25) is 4.79 Å². The quantitative estimate of drug-likeness (QED) is 0.373. The Morgan fingerprint density at radius 2 is 2.40 bits per heavy atom. The van der Waals surface area contributed by atoms with Crippen LogP contribution in [0.1, 0.15) is 25.7 Å². The lowest BCUT2D eigenvalue weighted by molar-refractivity contribution is -0.145. The predicted molar refractivity (Wildman–Crippen MR) is 36.4 cm³/mol. The molecule has 0 aromatic heterocycles. The van der Waals surface area contributed by atoms with E-state index in [9.17, 15) is 4.79 Å². The normalized spacial score (nSPS) is 37.4. The van der Waals surface area contributed by atoms with Gasteiger partial charge in [0.2, 0.25) is 0 Å². The minimum absolute atomic E-state index is 0.0356. The molecule has 0 aromatic rings. The second-order valence-electron chi connectivity index (χ2n) is 2.98. The Labute approximate surface area is 59.9 Å². The summed E-state index contributed by atoms with van der Waals surface area (Å²) < 4.78 is 5.18. The zero-order chi connectivity index (χ0) is 7.03. The van der Waals surface area contributed by atoms with E-state index in [-0.39, 0.29) is 11.6 Å². The molecule has 2 rings (SSSR count). The lowest BCUT2D eigenvalue weighted by Crippen LogP contribution is -2.21. The SMILES string of the molecule is O=C1CCC2(C=CCC2)O1. The third kappa shape index (κ3) is 0.753. The van der Waals surface area contributed by atoms with Gasteiger partial charge >= 0.3 is 5.97 Å². The van der Waals surface area contributed by atoms with Gasteiger partial charge in [-0.05, 0) is 18.9 Å². The zero-order valence-corrected chi connectivity index (χ0v) is 5.80. The van der Waals surface area contributed by atoms with Crippen molar-refractivity contribution in [3.63, 3.8) is 0 Å². The highest BCUT2D eigenvalue weighted by Gasteiger charge is 2.39. The average molecular weight is 138 g/mol. The molecule has 1 unspecified atom stereocenters. The number of hydrogen-bond donors (Lipinski definition) is 0. The van der Waals surface area contributed by atoms with Gasteiger partial charge in [0.25, 0.3) is 0 Å². The molecule has 1 heterocycles. The Hall–Kier alpha value is -0.790. The van der Waals surface area contributed by atoms with Crippen LogP contribution in [0.15, 0.2) is 12.2 Å². The number of rotatable bonds is 0. The summed E-state index contributed by atoms with van der Waals surface area (Å²) in [6.45, 7) is 0. The van der Waals surface area contributed by atoms with E-state index in [1.54, 1.807) is 0 Å². The third-order valence-electron chi connectivity index (χ3n) is 2.23. The number of allylic oxidation sites excluding steroid dienone is 1. The van der Waals surface area contributed by atoms with Crippen molar-refractivity contribution in [1.29, 1.82) is 0 Å². The molecule has 0 amide bonds. The molecule has 2 heteroatoms. The topological polar surface area (TPSA) is 26.3 Å². The number of carbonyl (C=O) groups excluding carboxylic acids is 1. The monoisotopic (exact) mass is 138 g/mol. The van der Waals surface area contributed by atoms with Crippen LogP contribution in [-0.4, -0.2) is 11.6 Å². The van der Waals surface area contributed by atoms with Crippen molar-refractivity contribution in [2.45, 2.75) is 31.3 Å². The van der Waals surface area contributed by atoms with Crippen molar-refractivity contribution < 1.29 is 9.53 Å². The Kier molecular flexibility index (Phi) is 1.10. The van der Waals surface area contributed by atoms with E-state index in [1.807, 2.05) is 6.08 Å². The molecule has 1 aliphatic heterocycles. The molecule has 1 aliphatic carbocycles. The van der Waals surface area contributed by atoms with Gasteiger partial charge in [-0.15, -0.1) is 0 Å². The van der Waals surface area contributed by atoms with Crippen molar-refractivity contribution >= 4 is 5.97 Å². The Morgan fingerprint density at radius 1 is 1.50 bits per heavy atom. The van der Waals surface area contributed by atoms with Crippen LogP contribution in [0.2, 0.25) is 0 Å². The largest absolute Gasteiger partial charge is 0.455 e. The molecule has 1 spiro atoms. The van der Waals surface area contributed by atoms with Crippen LogP contribution in [-0.2, 0) is 9.53 Å². The van der Waals surface area contributed by atoms with Crippen LogP contribution in [0.3, 0.4) is 0 Å². The van der Waals surface area contributed by atoms with E-state index in [0.717, 1.165) is 19.3 Å². The molecule has 1 saturated heterocycles. The van der Waals surface area contributed by atoms with Gasteiger partial charge in [-0.1, -0.05) is 6.08 Å². The van der Waals surface area contributed by atoms with E-state index in [1.165, 1.54) is 0 Å². The second kappa shape index (κ2) is 1.84. The molecule has 10 heavy (non-hydrogen) atoms. The first-order chi connectivity index (χ1) is 4.81. The maximum atomic E-state index is 10.7. The van der Waals surface area contributed by atoms with Crippen molar-refractivity contribution in [1.82, 2.24) is 0 Å². The fraction of sp³-hybridized carbons (Fsp3) is 0.625. The average Bonchev–Trinajstić information content (AvgIpc) is 2.46. The third-order valence-corrected chi connectivity index (χ3v) is 2.23. The van der Waals surface area contributed by atoms with Crippen LogP contribution in [0.25, 0.3) is 0 Å². The molecule has 2 nitrogen and oxygen atoms in total. The van der Waals surface area contributed by atoms with Gasteiger partial charge < -0.3 is 4.74 Å². The van der Waals surface area contributed by atoms with Gasteiger partial charge in [0.15, 0.2) is 0 Å². The molecule has 0 N–H and O–H groups in total. The van der Waals surface area contributed by atoms with Crippen molar-refractivity contribution in [3.8, 4) is 0 Å². The van der Waals surface area contributed by atoms with Crippen molar-refractivity contribution in [2.75, 3.05) is 0 Å². The van der Waals surface area contributed by atoms with Crippen LogP contribution in [0.4, 0.5) is 0 Å². The van der Waals surface area contributed by atoms with E-state index in [2.05, 4.69) is 6.08 Å². The standard InChI is InChI=1S/C8H10O2/c9-7-3-6-8(10-7)4-1-2-5-8/h1,4H,2-3,5-6H2. The number of carbonyl (C=O) groups is 1. The summed E-state index contributed by atoms with van der Waals surface area (Å²) in [4.78, 5) is 10.7. The van der Waals surface area contributed by atoms with Crippen LogP contribution in [0.5, 0.6) is 0 Å². The molecule has 0 saturated carbocycles. The maximum absolute atomic E-state index is 10.7. The Bertz CT molecular complexity index is 195.